The minimum absolute atomic E-state index is 0.0171. The summed E-state index contributed by atoms with van der Waals surface area (Å²) < 4.78 is 7.09. The Balaban J connectivity index is 1.96. The van der Waals surface area contributed by atoms with Crippen LogP contribution >= 0.6 is 11.3 Å². The van der Waals surface area contributed by atoms with E-state index in [4.69, 9.17) is 9.73 Å². The van der Waals surface area contributed by atoms with Crippen LogP contribution in [0, 0.1) is 6.92 Å². The zero-order chi connectivity index (χ0) is 21.0. The number of hydrogen-bond donors (Lipinski definition) is 1. The molecule has 0 aliphatic carbocycles. The summed E-state index contributed by atoms with van der Waals surface area (Å²) in [4.78, 5) is 20.1. The molecule has 0 fully saturated rings. The number of ether oxygens (including phenoxy) is 1. The summed E-state index contributed by atoms with van der Waals surface area (Å²) in [7, 11) is 5.11. The average Bonchev–Trinajstić information content (AvgIpc) is 3.03. The van der Waals surface area contributed by atoms with Gasteiger partial charge in [0, 0.05) is 26.3 Å². The van der Waals surface area contributed by atoms with Crippen LogP contribution in [-0.2, 0) is 6.54 Å². The molecule has 0 spiro atoms. The van der Waals surface area contributed by atoms with Crippen molar-refractivity contribution in [2.45, 2.75) is 13.5 Å². The van der Waals surface area contributed by atoms with Gasteiger partial charge in [0.25, 0.3) is 5.91 Å². The SMILES string of the molecule is COc1ccc(-c2ccc(N=c3sc(C(=O)N(C)C)c(C)n3CCO)cc2)cc1. The fourth-order valence-electron chi connectivity index (χ4n) is 2.96. The summed E-state index contributed by atoms with van der Waals surface area (Å²) in [6.45, 7) is 2.26. The number of methoxy groups -OCH3 is 1. The van der Waals surface area contributed by atoms with E-state index < -0.39 is 0 Å². The number of rotatable bonds is 6. The topological polar surface area (TPSA) is 67.1 Å². The van der Waals surface area contributed by atoms with Gasteiger partial charge < -0.3 is 19.3 Å². The number of amides is 1. The van der Waals surface area contributed by atoms with Crippen molar-refractivity contribution < 1.29 is 14.6 Å². The Morgan fingerprint density at radius 1 is 1.10 bits per heavy atom. The van der Waals surface area contributed by atoms with Crippen molar-refractivity contribution in [2.75, 3.05) is 27.8 Å². The van der Waals surface area contributed by atoms with Crippen LogP contribution in [0.3, 0.4) is 0 Å². The molecule has 7 heteroatoms. The maximum absolute atomic E-state index is 12.4. The summed E-state index contributed by atoms with van der Waals surface area (Å²) in [6, 6.07) is 15.8. The van der Waals surface area contributed by atoms with Crippen LogP contribution in [0.5, 0.6) is 5.75 Å². The van der Waals surface area contributed by atoms with Crippen LogP contribution < -0.4 is 9.54 Å². The van der Waals surface area contributed by atoms with Gasteiger partial charge in [-0.3, -0.25) is 4.79 Å². The average molecular weight is 412 g/mol. The van der Waals surface area contributed by atoms with E-state index in [1.807, 2.05) is 60.0 Å². The highest BCUT2D eigenvalue weighted by Crippen LogP contribution is 2.25. The van der Waals surface area contributed by atoms with Crippen molar-refractivity contribution in [3.8, 4) is 16.9 Å². The Morgan fingerprint density at radius 3 is 2.21 bits per heavy atom. The second-order valence-corrected chi connectivity index (χ2v) is 7.74. The number of hydrogen-bond acceptors (Lipinski definition) is 5. The Kier molecular flexibility index (Phi) is 6.51. The molecule has 3 aromatic rings. The van der Waals surface area contributed by atoms with Crippen molar-refractivity contribution in [1.82, 2.24) is 9.47 Å². The molecular formula is C22H25N3O3S. The molecule has 0 aliphatic rings. The Morgan fingerprint density at radius 2 is 1.69 bits per heavy atom. The maximum atomic E-state index is 12.4. The van der Waals surface area contributed by atoms with E-state index in [1.165, 1.54) is 11.3 Å². The molecule has 3 rings (SSSR count). The number of benzene rings is 2. The molecule has 0 saturated carbocycles. The summed E-state index contributed by atoms with van der Waals surface area (Å²) in [5, 5.41) is 9.43. The molecule has 1 heterocycles. The predicted octanol–water partition coefficient (Wildman–Crippen LogP) is 3.46. The van der Waals surface area contributed by atoms with Gasteiger partial charge in [0.15, 0.2) is 4.80 Å². The molecule has 2 aromatic carbocycles. The van der Waals surface area contributed by atoms with E-state index in [9.17, 15) is 9.90 Å². The molecule has 0 radical (unpaired) electrons. The van der Waals surface area contributed by atoms with Gasteiger partial charge >= 0.3 is 0 Å². The minimum Gasteiger partial charge on any atom is -0.497 e. The first-order valence-corrected chi connectivity index (χ1v) is 10.1. The van der Waals surface area contributed by atoms with Crippen molar-refractivity contribution >= 4 is 22.9 Å². The summed E-state index contributed by atoms with van der Waals surface area (Å²) in [5.41, 5.74) is 3.79. The van der Waals surface area contributed by atoms with Crippen molar-refractivity contribution in [1.29, 1.82) is 0 Å². The lowest BCUT2D eigenvalue weighted by atomic mass is 10.1. The van der Waals surface area contributed by atoms with E-state index in [1.54, 1.807) is 26.1 Å². The Labute approximate surface area is 174 Å². The molecule has 0 saturated heterocycles. The Bertz CT molecular complexity index is 1050. The van der Waals surface area contributed by atoms with Crippen LogP contribution in [0.15, 0.2) is 53.5 Å². The monoisotopic (exact) mass is 411 g/mol. The molecule has 6 nitrogen and oxygen atoms in total. The van der Waals surface area contributed by atoms with Crippen LogP contribution in [0.25, 0.3) is 11.1 Å². The van der Waals surface area contributed by atoms with Gasteiger partial charge in [-0.25, -0.2) is 4.99 Å². The van der Waals surface area contributed by atoms with Gasteiger partial charge in [0.2, 0.25) is 0 Å². The highest BCUT2D eigenvalue weighted by atomic mass is 32.1. The zero-order valence-electron chi connectivity index (χ0n) is 17.0. The molecule has 1 aromatic heterocycles. The molecule has 152 valence electrons. The first-order valence-electron chi connectivity index (χ1n) is 9.26. The minimum atomic E-state index is -0.0597. The zero-order valence-corrected chi connectivity index (χ0v) is 17.9. The molecule has 1 N–H and O–H groups in total. The van der Waals surface area contributed by atoms with Gasteiger partial charge in [0.05, 0.1) is 19.4 Å². The molecule has 0 unspecified atom stereocenters. The number of aliphatic hydroxyl groups excluding tert-OH is 1. The van der Waals surface area contributed by atoms with Gasteiger partial charge in [-0.05, 0) is 42.3 Å². The fraction of sp³-hybridized carbons (Fsp3) is 0.273. The number of aromatic nitrogens is 1. The summed E-state index contributed by atoms with van der Waals surface area (Å²) in [5.74, 6) is 0.764. The smallest absolute Gasteiger partial charge is 0.265 e. The lowest BCUT2D eigenvalue weighted by Crippen LogP contribution is -2.22. The highest BCUT2D eigenvalue weighted by Gasteiger charge is 2.18. The number of thiazole rings is 1. The third-order valence-electron chi connectivity index (χ3n) is 4.60. The Hall–Kier alpha value is -2.90. The normalized spacial score (nSPS) is 11.6. The molecule has 0 aliphatic heterocycles. The van der Waals surface area contributed by atoms with Crippen molar-refractivity contribution in [3.05, 3.63) is 63.9 Å². The van der Waals surface area contributed by atoms with Crippen LogP contribution in [-0.4, -0.2) is 48.3 Å². The fourth-order valence-corrected chi connectivity index (χ4v) is 4.16. The molecular weight excluding hydrogens is 386 g/mol. The number of nitrogens with zero attached hydrogens (tertiary/aromatic N) is 3. The largest absolute Gasteiger partial charge is 0.497 e. The molecule has 1 amide bonds. The van der Waals surface area contributed by atoms with Crippen molar-refractivity contribution in [2.24, 2.45) is 4.99 Å². The highest BCUT2D eigenvalue weighted by molar-refractivity contribution is 7.11. The van der Waals surface area contributed by atoms with Crippen LogP contribution in [0.4, 0.5) is 5.69 Å². The number of carbonyl (C=O) groups is 1. The first-order chi connectivity index (χ1) is 13.9. The van der Waals surface area contributed by atoms with Gasteiger partial charge in [-0.1, -0.05) is 35.6 Å². The van der Waals surface area contributed by atoms with Crippen LogP contribution in [0.1, 0.15) is 15.4 Å². The summed E-state index contributed by atoms with van der Waals surface area (Å²) in [6.07, 6.45) is 0. The number of carbonyl (C=O) groups excluding carboxylic acids is 1. The van der Waals surface area contributed by atoms with Gasteiger partial charge in [-0.15, -0.1) is 0 Å². The van der Waals surface area contributed by atoms with E-state index in [-0.39, 0.29) is 12.5 Å². The van der Waals surface area contributed by atoms with E-state index in [2.05, 4.69) is 0 Å². The third kappa shape index (κ3) is 4.58. The van der Waals surface area contributed by atoms with Gasteiger partial charge in [0.1, 0.15) is 10.6 Å². The first kappa shape index (κ1) is 20.8. The lowest BCUT2D eigenvalue weighted by molar-refractivity contribution is 0.0830. The second kappa shape index (κ2) is 9.07. The van der Waals surface area contributed by atoms with Crippen molar-refractivity contribution in [3.63, 3.8) is 0 Å². The molecule has 29 heavy (non-hydrogen) atoms. The third-order valence-corrected chi connectivity index (χ3v) is 5.77. The van der Waals surface area contributed by atoms with E-state index >= 15 is 0 Å². The molecule has 0 atom stereocenters. The second-order valence-electron chi connectivity index (χ2n) is 6.76. The van der Waals surface area contributed by atoms with E-state index in [0.29, 0.717) is 16.2 Å². The summed E-state index contributed by atoms with van der Waals surface area (Å²) >= 11 is 1.34. The van der Waals surface area contributed by atoms with E-state index in [0.717, 1.165) is 28.3 Å². The predicted molar refractivity (Wildman–Crippen MR) is 116 cm³/mol. The van der Waals surface area contributed by atoms with Crippen LogP contribution in [0.2, 0.25) is 0 Å². The van der Waals surface area contributed by atoms with Gasteiger partial charge in [-0.2, -0.15) is 0 Å². The standard InChI is InChI=1S/C22H25N3O3S/c1-15-20(21(27)24(2)3)29-22(25(15)13-14-26)23-18-9-5-16(6-10-18)17-7-11-19(28-4)12-8-17/h5-12,26H,13-14H2,1-4H3. The molecule has 0 bridgehead atoms. The number of aliphatic hydroxyl groups is 1. The maximum Gasteiger partial charge on any atom is 0.265 e. The lowest BCUT2D eigenvalue weighted by Gasteiger charge is -2.09. The quantitative estimate of drug-likeness (QED) is 0.675.